The van der Waals surface area contributed by atoms with Gasteiger partial charge in [-0.1, -0.05) is 0 Å². The monoisotopic (exact) mass is 479 g/mol. The van der Waals surface area contributed by atoms with Gasteiger partial charge in [-0.2, -0.15) is 4.98 Å². The Morgan fingerprint density at radius 3 is 2.37 bits per heavy atom. The number of benzene rings is 1. The van der Waals surface area contributed by atoms with Crippen LogP contribution in [0.5, 0.6) is 0 Å². The molecule has 11 heteroatoms. The van der Waals surface area contributed by atoms with Crippen molar-refractivity contribution in [3.05, 3.63) is 46.4 Å². The number of aromatic nitrogens is 4. The molecule has 1 unspecified atom stereocenters. The second-order valence-corrected chi connectivity index (χ2v) is 8.58. The summed E-state index contributed by atoms with van der Waals surface area (Å²) >= 11 is 0. The lowest BCUT2D eigenvalue weighted by Gasteiger charge is -2.24. The summed E-state index contributed by atoms with van der Waals surface area (Å²) < 4.78 is 0. The molecule has 0 aliphatic rings. The molecule has 2 heterocycles. The van der Waals surface area contributed by atoms with Crippen LogP contribution < -0.4 is 16.0 Å². The van der Waals surface area contributed by atoms with Crippen molar-refractivity contribution in [2.24, 2.45) is 0 Å². The van der Waals surface area contributed by atoms with Crippen LogP contribution in [0.25, 0.3) is 11.2 Å². The van der Waals surface area contributed by atoms with Gasteiger partial charge in [0.2, 0.25) is 5.95 Å². The third-order valence-electron chi connectivity index (χ3n) is 5.63. The highest BCUT2D eigenvalue weighted by molar-refractivity contribution is 5.98. The number of aliphatic carboxylic acids is 1. The Hall–Kier alpha value is -4.15. The highest BCUT2D eigenvalue weighted by Gasteiger charge is 2.21. The number of carbonyl (C=O) groups is 3. The predicted molar refractivity (Wildman–Crippen MR) is 131 cm³/mol. The minimum absolute atomic E-state index is 0.0408. The smallest absolute Gasteiger partial charge is 0.303 e. The highest BCUT2D eigenvalue weighted by atomic mass is 16.4. The summed E-state index contributed by atoms with van der Waals surface area (Å²) in [6.45, 7) is 7.39. The molecule has 1 amide bonds. The summed E-state index contributed by atoms with van der Waals surface area (Å²) in [6, 6.07) is 2.64. The first kappa shape index (κ1) is 25.5. The number of anilines is 2. The van der Waals surface area contributed by atoms with E-state index >= 15 is 0 Å². The molecule has 0 spiro atoms. The number of aryl methyl sites for hydroxylation is 3. The second kappa shape index (κ2) is 10.4. The molecular weight excluding hydrogens is 450 g/mol. The molecule has 4 N–H and O–H groups in total. The largest absolute Gasteiger partial charge is 0.481 e. The lowest BCUT2D eigenvalue weighted by atomic mass is 10.0. The van der Waals surface area contributed by atoms with Gasteiger partial charge in [0.25, 0.3) is 5.91 Å². The number of Topliss-reactive ketones (excluding diaryl/α,β-unsaturated/α-hetero) is 1. The molecule has 35 heavy (non-hydrogen) atoms. The Balaban J connectivity index is 1.80. The fraction of sp³-hybridized carbons (Fsp3) is 0.375. The number of ketones is 1. The number of rotatable bonds is 9. The van der Waals surface area contributed by atoms with Crippen LogP contribution in [-0.2, 0) is 16.1 Å². The van der Waals surface area contributed by atoms with Crippen molar-refractivity contribution >= 4 is 40.5 Å². The van der Waals surface area contributed by atoms with E-state index in [0.29, 0.717) is 29.0 Å². The number of carbonyl (C=O) groups excluding carboxylic acids is 2. The van der Waals surface area contributed by atoms with Crippen LogP contribution in [0.1, 0.15) is 52.6 Å². The molecule has 0 fully saturated rings. The molecule has 0 bridgehead atoms. The zero-order valence-corrected chi connectivity index (χ0v) is 20.4. The van der Waals surface area contributed by atoms with E-state index in [1.54, 1.807) is 25.3 Å². The van der Waals surface area contributed by atoms with Crippen LogP contribution in [0.4, 0.5) is 11.6 Å². The number of nitrogens with one attached hydrogen (secondary N) is 1. The van der Waals surface area contributed by atoms with Gasteiger partial charge in [0, 0.05) is 24.7 Å². The molecule has 3 aromatic rings. The van der Waals surface area contributed by atoms with Crippen molar-refractivity contribution in [2.75, 3.05) is 17.7 Å². The van der Waals surface area contributed by atoms with Gasteiger partial charge in [-0.25, -0.2) is 15.0 Å². The first-order chi connectivity index (χ1) is 16.5. The molecule has 0 saturated heterocycles. The van der Waals surface area contributed by atoms with E-state index in [4.69, 9.17) is 10.8 Å². The van der Waals surface area contributed by atoms with Crippen LogP contribution in [0.15, 0.2) is 18.3 Å². The molecule has 0 saturated carbocycles. The van der Waals surface area contributed by atoms with Gasteiger partial charge in [0.1, 0.15) is 5.52 Å². The minimum Gasteiger partial charge on any atom is -0.481 e. The zero-order chi connectivity index (χ0) is 25.9. The van der Waals surface area contributed by atoms with E-state index in [2.05, 4.69) is 25.3 Å². The van der Waals surface area contributed by atoms with Gasteiger partial charge in [0.05, 0.1) is 30.2 Å². The number of nitrogens with zero attached hydrogens (tertiary/aromatic N) is 5. The molecule has 0 aliphatic carbocycles. The summed E-state index contributed by atoms with van der Waals surface area (Å²) in [5, 5.41) is 11.5. The summed E-state index contributed by atoms with van der Waals surface area (Å²) in [4.78, 5) is 54.8. The third kappa shape index (κ3) is 6.05. The number of nitrogens with two attached hydrogens (primary N) is 1. The number of carboxylic acid groups (broad SMARTS) is 1. The van der Waals surface area contributed by atoms with Crippen molar-refractivity contribution < 1.29 is 19.5 Å². The fourth-order valence-electron chi connectivity index (χ4n) is 4.08. The Labute approximate surface area is 202 Å². The number of amides is 1. The van der Waals surface area contributed by atoms with Crippen LogP contribution in [0, 0.1) is 20.8 Å². The van der Waals surface area contributed by atoms with Crippen molar-refractivity contribution in [2.45, 2.75) is 53.1 Å². The van der Waals surface area contributed by atoms with Crippen molar-refractivity contribution in [1.29, 1.82) is 0 Å². The topological polar surface area (TPSA) is 164 Å². The first-order valence-electron chi connectivity index (χ1n) is 11.1. The Morgan fingerprint density at radius 1 is 1.11 bits per heavy atom. The Morgan fingerprint density at radius 2 is 1.77 bits per heavy atom. The summed E-state index contributed by atoms with van der Waals surface area (Å²) in [7, 11) is 1.92. The zero-order valence-electron chi connectivity index (χ0n) is 20.4. The second-order valence-electron chi connectivity index (χ2n) is 8.58. The molecule has 0 aliphatic heterocycles. The number of hydrogen-bond acceptors (Lipinski definition) is 9. The van der Waals surface area contributed by atoms with Crippen LogP contribution in [-0.4, -0.2) is 55.8 Å². The lowest BCUT2D eigenvalue weighted by molar-refractivity contribution is -0.137. The third-order valence-corrected chi connectivity index (χ3v) is 5.63. The molecule has 3 rings (SSSR count). The molecular formula is C24H29N7O4. The summed E-state index contributed by atoms with van der Waals surface area (Å²) in [6.07, 6.45) is 1.48. The number of nitrogen functional groups attached to an aromatic ring is 1. The van der Waals surface area contributed by atoms with Crippen LogP contribution in [0.3, 0.4) is 0 Å². The van der Waals surface area contributed by atoms with E-state index in [0.717, 1.165) is 22.5 Å². The minimum atomic E-state index is -1.02. The molecule has 11 nitrogen and oxygen atoms in total. The maximum absolute atomic E-state index is 12.8. The van der Waals surface area contributed by atoms with Gasteiger partial charge in [-0.3, -0.25) is 14.4 Å². The fourth-order valence-corrected chi connectivity index (χ4v) is 4.08. The average molecular weight is 480 g/mol. The predicted octanol–water partition coefficient (Wildman–Crippen LogP) is 2.12. The van der Waals surface area contributed by atoms with Gasteiger partial charge in [0.15, 0.2) is 11.4 Å². The lowest BCUT2D eigenvalue weighted by Crippen LogP contribution is -2.40. The molecule has 1 atom stereocenters. The maximum atomic E-state index is 12.8. The Kier molecular flexibility index (Phi) is 7.58. The highest BCUT2D eigenvalue weighted by Crippen LogP contribution is 2.27. The van der Waals surface area contributed by atoms with Crippen LogP contribution >= 0.6 is 0 Å². The Bertz CT molecular complexity index is 1290. The number of carboxylic acids is 1. The van der Waals surface area contributed by atoms with E-state index in [-0.39, 0.29) is 24.6 Å². The SMILES string of the molecule is CC(=O)C(CCC(=O)O)NC(=O)c1cc(C)c(N(C)Cc2cnc3nc(N)nc(C)c3n2)c(C)c1. The molecule has 184 valence electrons. The van der Waals surface area contributed by atoms with Gasteiger partial charge < -0.3 is 21.1 Å². The van der Waals surface area contributed by atoms with E-state index in [1.165, 1.54) is 6.92 Å². The van der Waals surface area contributed by atoms with Crippen molar-refractivity contribution in [3.8, 4) is 0 Å². The van der Waals surface area contributed by atoms with Crippen molar-refractivity contribution in [1.82, 2.24) is 25.3 Å². The summed E-state index contributed by atoms with van der Waals surface area (Å²) in [5.74, 6) is -1.58. The van der Waals surface area contributed by atoms with E-state index < -0.39 is 17.9 Å². The first-order valence-corrected chi connectivity index (χ1v) is 11.1. The number of hydrogen-bond donors (Lipinski definition) is 3. The van der Waals surface area contributed by atoms with Crippen LogP contribution in [0.2, 0.25) is 0 Å². The van der Waals surface area contributed by atoms with Gasteiger partial charge in [-0.15, -0.1) is 0 Å². The maximum Gasteiger partial charge on any atom is 0.303 e. The standard InChI is InChI=1S/C24H29N7O4/c1-12-8-16(23(35)29-18(15(4)32)6-7-19(33)34)9-13(2)21(12)31(5)11-17-10-26-22-20(28-17)14(3)27-24(25)30-22/h8-10,18H,6-7,11H2,1-5H3,(H,29,35)(H,33,34)(H2,25,26,27,30). The molecule has 0 radical (unpaired) electrons. The average Bonchev–Trinajstić information content (AvgIpc) is 2.75. The van der Waals surface area contributed by atoms with E-state index in [9.17, 15) is 14.4 Å². The normalized spacial score (nSPS) is 11.8. The summed E-state index contributed by atoms with van der Waals surface area (Å²) in [5.41, 5.74) is 11.2. The molecule has 2 aromatic heterocycles. The molecule has 1 aromatic carbocycles. The van der Waals surface area contributed by atoms with Gasteiger partial charge >= 0.3 is 5.97 Å². The number of fused-ring (bicyclic) bond motifs is 1. The van der Waals surface area contributed by atoms with E-state index in [1.807, 2.05) is 25.8 Å². The van der Waals surface area contributed by atoms with Gasteiger partial charge in [-0.05, 0) is 57.4 Å². The quantitative estimate of drug-likeness (QED) is 0.414. The van der Waals surface area contributed by atoms with Crippen molar-refractivity contribution in [3.63, 3.8) is 0 Å².